The van der Waals surface area contributed by atoms with E-state index >= 15 is 0 Å². The quantitative estimate of drug-likeness (QED) is 0.172. The van der Waals surface area contributed by atoms with E-state index in [4.69, 9.17) is 15.0 Å². The molecule has 0 aliphatic rings. The zero-order valence-corrected chi connectivity index (χ0v) is 30.2. The van der Waals surface area contributed by atoms with Gasteiger partial charge < -0.3 is 4.57 Å². The number of pyridine rings is 1. The van der Waals surface area contributed by atoms with Crippen molar-refractivity contribution in [3.8, 4) is 56.7 Å². The van der Waals surface area contributed by atoms with Gasteiger partial charge in [0.05, 0.1) is 22.1 Å². The molecule has 56 heavy (non-hydrogen) atoms. The maximum Gasteiger partial charge on any atom is 0.238 e. The lowest BCUT2D eigenvalue weighted by Crippen LogP contribution is -2.06. The molecule has 0 spiro atoms. The Morgan fingerprint density at radius 1 is 0.321 bits per heavy atom. The topological polar surface area (TPSA) is 61.4 Å². The van der Waals surface area contributed by atoms with Gasteiger partial charge in [-0.15, -0.1) is 0 Å². The van der Waals surface area contributed by atoms with E-state index < -0.39 is 0 Å². The smallest absolute Gasteiger partial charge is 0.238 e. The second-order valence-electron chi connectivity index (χ2n) is 14.0. The molecular formula is C50H32N6. The van der Waals surface area contributed by atoms with Crippen LogP contribution in [-0.2, 0) is 0 Å². The fourth-order valence-corrected chi connectivity index (χ4v) is 8.07. The molecule has 262 valence electrons. The predicted molar refractivity (Wildman–Crippen MR) is 228 cm³/mol. The van der Waals surface area contributed by atoms with Gasteiger partial charge in [0, 0.05) is 50.8 Å². The van der Waals surface area contributed by atoms with Crippen LogP contribution in [0.2, 0.25) is 0 Å². The summed E-state index contributed by atoms with van der Waals surface area (Å²) in [5.74, 6) is 1.67. The molecule has 6 heteroatoms. The summed E-state index contributed by atoms with van der Waals surface area (Å²) < 4.78 is 4.56. The Kier molecular flexibility index (Phi) is 7.38. The fraction of sp³-hybridized carbons (Fsp3) is 0. The Bertz CT molecular complexity index is 3170. The molecule has 0 N–H and O–H groups in total. The van der Waals surface area contributed by atoms with Crippen molar-refractivity contribution in [3.63, 3.8) is 0 Å². The molecule has 7 aromatic carbocycles. The van der Waals surface area contributed by atoms with E-state index in [9.17, 15) is 0 Å². The highest BCUT2D eigenvalue weighted by Crippen LogP contribution is 2.40. The molecule has 0 amide bonds. The zero-order chi connectivity index (χ0) is 37.0. The van der Waals surface area contributed by atoms with Gasteiger partial charge in [-0.1, -0.05) is 115 Å². The van der Waals surface area contributed by atoms with Gasteiger partial charge in [0.25, 0.3) is 0 Å². The number of benzene rings is 7. The zero-order valence-electron chi connectivity index (χ0n) is 30.2. The summed E-state index contributed by atoms with van der Waals surface area (Å²) in [6.45, 7) is 0. The standard InChI is InChI=1S/C50H32N6/c1-4-15-33(16-5-1)36-27-37(34-17-6-2-7-18-34)29-38(28-36)49-52-48(35-19-14-26-51-32-35)53-50(54-49)56-45-25-13-11-23-41(45)43-30-46-42(31-47(43)56)40-22-10-12-24-44(40)55(46)39-20-8-3-9-21-39/h1-32H. The van der Waals surface area contributed by atoms with E-state index in [1.165, 1.54) is 5.39 Å². The van der Waals surface area contributed by atoms with Crippen molar-refractivity contribution in [2.24, 2.45) is 0 Å². The van der Waals surface area contributed by atoms with Crippen LogP contribution in [0.3, 0.4) is 0 Å². The molecule has 11 aromatic rings. The van der Waals surface area contributed by atoms with Crippen molar-refractivity contribution in [3.05, 3.63) is 194 Å². The Hall–Kier alpha value is -7.70. The lowest BCUT2D eigenvalue weighted by molar-refractivity contribution is 0.953. The van der Waals surface area contributed by atoms with Gasteiger partial charge in [0.2, 0.25) is 5.95 Å². The number of hydrogen-bond donors (Lipinski definition) is 0. The number of fused-ring (bicyclic) bond motifs is 6. The molecule has 4 aromatic heterocycles. The summed E-state index contributed by atoms with van der Waals surface area (Å²) in [7, 11) is 0. The van der Waals surface area contributed by atoms with E-state index in [-0.39, 0.29) is 0 Å². The first kappa shape index (κ1) is 31.8. The third kappa shape index (κ3) is 5.27. The first-order chi connectivity index (χ1) is 27.8. The molecule has 0 saturated carbocycles. The lowest BCUT2D eigenvalue weighted by atomic mass is 9.96. The summed E-state index contributed by atoms with van der Waals surface area (Å²) in [5, 5.41) is 4.58. The van der Waals surface area contributed by atoms with Crippen LogP contribution in [0.25, 0.3) is 100 Å². The van der Waals surface area contributed by atoms with Crippen LogP contribution in [0.15, 0.2) is 194 Å². The maximum atomic E-state index is 5.35. The number of nitrogens with zero attached hydrogens (tertiary/aromatic N) is 6. The molecular weight excluding hydrogens is 685 g/mol. The SMILES string of the molecule is c1ccc(-c2cc(-c3ccccc3)cc(-c3nc(-c4cccnc4)nc(-n4c5ccccc5c5cc6c(cc54)c4ccccc4n6-c4ccccc4)n3)c2)cc1. The van der Waals surface area contributed by atoms with Crippen molar-refractivity contribution in [2.45, 2.75) is 0 Å². The second kappa shape index (κ2) is 13.0. The first-order valence-electron chi connectivity index (χ1n) is 18.7. The maximum absolute atomic E-state index is 5.35. The monoisotopic (exact) mass is 716 g/mol. The van der Waals surface area contributed by atoms with Gasteiger partial charge in [0.1, 0.15) is 0 Å². The molecule has 0 aliphatic heterocycles. The molecule has 0 fully saturated rings. The van der Waals surface area contributed by atoms with Crippen LogP contribution in [0.5, 0.6) is 0 Å². The van der Waals surface area contributed by atoms with Crippen LogP contribution >= 0.6 is 0 Å². The number of aromatic nitrogens is 6. The Morgan fingerprint density at radius 2 is 0.804 bits per heavy atom. The van der Waals surface area contributed by atoms with Crippen LogP contribution in [0.1, 0.15) is 0 Å². The van der Waals surface area contributed by atoms with Gasteiger partial charge >= 0.3 is 0 Å². The van der Waals surface area contributed by atoms with Crippen LogP contribution in [0, 0.1) is 0 Å². The van der Waals surface area contributed by atoms with Gasteiger partial charge in [-0.05, 0) is 89.0 Å². The lowest BCUT2D eigenvalue weighted by Gasteiger charge is -2.13. The van der Waals surface area contributed by atoms with Gasteiger partial charge in [0.15, 0.2) is 11.6 Å². The summed E-state index contributed by atoms with van der Waals surface area (Å²) in [6.07, 6.45) is 3.58. The minimum Gasteiger partial charge on any atom is -0.309 e. The highest BCUT2D eigenvalue weighted by atomic mass is 15.2. The van der Waals surface area contributed by atoms with E-state index in [1.807, 2.05) is 30.5 Å². The van der Waals surface area contributed by atoms with E-state index in [1.54, 1.807) is 6.20 Å². The first-order valence-corrected chi connectivity index (χ1v) is 18.7. The number of para-hydroxylation sites is 3. The fourth-order valence-electron chi connectivity index (χ4n) is 8.07. The van der Waals surface area contributed by atoms with Gasteiger partial charge in [-0.3, -0.25) is 9.55 Å². The Morgan fingerprint density at radius 3 is 1.39 bits per heavy atom. The molecule has 0 unspecified atom stereocenters. The summed E-state index contributed by atoms with van der Waals surface area (Å²) in [6, 6.07) is 63.8. The second-order valence-corrected chi connectivity index (χ2v) is 14.0. The highest BCUT2D eigenvalue weighted by Gasteiger charge is 2.21. The number of rotatable bonds is 6. The van der Waals surface area contributed by atoms with Crippen LogP contribution in [0.4, 0.5) is 0 Å². The Balaban J connectivity index is 1.21. The molecule has 0 saturated heterocycles. The number of hydrogen-bond acceptors (Lipinski definition) is 4. The van der Waals surface area contributed by atoms with E-state index in [2.05, 4.69) is 172 Å². The van der Waals surface area contributed by atoms with Crippen molar-refractivity contribution in [1.29, 1.82) is 0 Å². The van der Waals surface area contributed by atoms with Crippen molar-refractivity contribution in [1.82, 2.24) is 29.1 Å². The molecule has 11 rings (SSSR count). The normalized spacial score (nSPS) is 11.6. The summed E-state index contributed by atoms with van der Waals surface area (Å²) in [4.78, 5) is 20.2. The molecule has 0 radical (unpaired) electrons. The largest absolute Gasteiger partial charge is 0.309 e. The molecule has 4 heterocycles. The molecule has 0 bridgehead atoms. The van der Waals surface area contributed by atoms with Crippen LogP contribution in [-0.4, -0.2) is 29.1 Å². The molecule has 6 nitrogen and oxygen atoms in total. The minimum absolute atomic E-state index is 0.539. The minimum atomic E-state index is 0.539. The highest BCUT2D eigenvalue weighted by molar-refractivity contribution is 6.18. The van der Waals surface area contributed by atoms with Crippen molar-refractivity contribution >= 4 is 43.6 Å². The van der Waals surface area contributed by atoms with E-state index in [0.717, 1.165) is 77.3 Å². The van der Waals surface area contributed by atoms with Crippen molar-refractivity contribution in [2.75, 3.05) is 0 Å². The third-order valence-electron chi connectivity index (χ3n) is 10.6. The predicted octanol–water partition coefficient (Wildman–Crippen LogP) is 12.1. The van der Waals surface area contributed by atoms with E-state index in [0.29, 0.717) is 17.6 Å². The average molecular weight is 717 g/mol. The van der Waals surface area contributed by atoms with Gasteiger partial charge in [-0.2, -0.15) is 9.97 Å². The van der Waals surface area contributed by atoms with Crippen molar-refractivity contribution < 1.29 is 0 Å². The van der Waals surface area contributed by atoms with Crippen LogP contribution < -0.4 is 0 Å². The van der Waals surface area contributed by atoms with Gasteiger partial charge in [-0.25, -0.2) is 4.98 Å². The Labute approximate surface area is 322 Å². The molecule has 0 atom stereocenters. The molecule has 0 aliphatic carbocycles. The average Bonchev–Trinajstić information content (AvgIpc) is 3.78. The summed E-state index contributed by atoms with van der Waals surface area (Å²) >= 11 is 0. The third-order valence-corrected chi connectivity index (χ3v) is 10.6. The summed E-state index contributed by atoms with van der Waals surface area (Å²) in [5.41, 5.74) is 11.6.